The van der Waals surface area contributed by atoms with Crippen LogP contribution in [0.15, 0.2) is 48.7 Å². The highest BCUT2D eigenvalue weighted by Crippen LogP contribution is 2.43. The number of rotatable bonds is 6. The molecule has 0 unspecified atom stereocenters. The molecular weight excluding hydrogens is 511 g/mol. The Labute approximate surface area is 224 Å². The highest BCUT2D eigenvalue weighted by molar-refractivity contribution is 5.96. The Balaban J connectivity index is 1.17. The van der Waals surface area contributed by atoms with E-state index in [1.165, 1.54) is 12.1 Å². The lowest BCUT2D eigenvalue weighted by molar-refractivity contribution is -0.137. The average molecular weight is 544 g/mol. The SMILES string of the molecule is NC(=O)C1(c2ccccn2)CCC(N2CC[C@H]3[C@@H]2CCN3C(=O)CNC(=O)c2cccc(C(F)(F)F)c2)CC1. The van der Waals surface area contributed by atoms with Crippen LogP contribution in [-0.2, 0) is 21.2 Å². The number of benzene rings is 1. The maximum absolute atomic E-state index is 13.0. The Bertz CT molecular complexity index is 1230. The van der Waals surface area contributed by atoms with Crippen molar-refractivity contribution >= 4 is 17.7 Å². The van der Waals surface area contributed by atoms with E-state index in [0.717, 1.165) is 50.1 Å². The van der Waals surface area contributed by atoms with Gasteiger partial charge in [0, 0.05) is 43.0 Å². The van der Waals surface area contributed by atoms with Crippen molar-refractivity contribution < 1.29 is 27.6 Å². The molecule has 1 aromatic heterocycles. The van der Waals surface area contributed by atoms with Crippen LogP contribution >= 0.6 is 0 Å². The summed E-state index contributed by atoms with van der Waals surface area (Å²) in [4.78, 5) is 46.6. The quantitative estimate of drug-likeness (QED) is 0.583. The van der Waals surface area contributed by atoms with Gasteiger partial charge in [-0.15, -0.1) is 0 Å². The second kappa shape index (κ2) is 10.6. The van der Waals surface area contributed by atoms with Gasteiger partial charge in [-0.1, -0.05) is 12.1 Å². The molecule has 2 saturated heterocycles. The number of primary amides is 1. The number of aromatic nitrogens is 1. The molecule has 3 aliphatic rings. The summed E-state index contributed by atoms with van der Waals surface area (Å²) in [6.07, 6.45) is 1.63. The minimum atomic E-state index is -4.55. The van der Waals surface area contributed by atoms with Crippen LogP contribution in [-0.4, -0.2) is 70.3 Å². The summed E-state index contributed by atoms with van der Waals surface area (Å²) >= 11 is 0. The predicted octanol–water partition coefficient (Wildman–Crippen LogP) is 2.87. The molecule has 3 N–H and O–H groups in total. The Morgan fingerprint density at radius 1 is 1.00 bits per heavy atom. The van der Waals surface area contributed by atoms with Crippen molar-refractivity contribution in [3.63, 3.8) is 0 Å². The number of fused-ring (bicyclic) bond motifs is 1. The zero-order chi connectivity index (χ0) is 27.8. The maximum atomic E-state index is 13.0. The predicted molar refractivity (Wildman–Crippen MR) is 136 cm³/mol. The van der Waals surface area contributed by atoms with Gasteiger partial charge < -0.3 is 16.0 Å². The lowest BCUT2D eigenvalue weighted by atomic mass is 9.69. The van der Waals surface area contributed by atoms with Gasteiger partial charge in [-0.3, -0.25) is 24.3 Å². The van der Waals surface area contributed by atoms with E-state index in [2.05, 4.69) is 15.2 Å². The summed E-state index contributed by atoms with van der Waals surface area (Å²) in [5, 5.41) is 2.48. The van der Waals surface area contributed by atoms with Crippen molar-refractivity contribution in [2.45, 2.75) is 68.2 Å². The molecule has 11 heteroatoms. The summed E-state index contributed by atoms with van der Waals surface area (Å²) in [6, 6.07) is 10.2. The van der Waals surface area contributed by atoms with Crippen LogP contribution in [0.2, 0.25) is 0 Å². The first-order chi connectivity index (χ1) is 18.6. The second-order valence-corrected chi connectivity index (χ2v) is 10.7. The van der Waals surface area contributed by atoms with Crippen molar-refractivity contribution in [1.29, 1.82) is 0 Å². The fraction of sp³-hybridized carbons (Fsp3) is 0.500. The molecule has 0 bridgehead atoms. The number of nitrogens with two attached hydrogens (primary N) is 1. The minimum Gasteiger partial charge on any atom is -0.369 e. The molecule has 2 aromatic rings. The normalized spacial score (nSPS) is 27.3. The lowest BCUT2D eigenvalue weighted by Crippen LogP contribution is -2.50. The molecule has 39 heavy (non-hydrogen) atoms. The van der Waals surface area contributed by atoms with E-state index >= 15 is 0 Å². The first-order valence-corrected chi connectivity index (χ1v) is 13.3. The van der Waals surface area contributed by atoms with Crippen molar-refractivity contribution in [2.75, 3.05) is 19.6 Å². The van der Waals surface area contributed by atoms with E-state index in [0.29, 0.717) is 19.4 Å². The van der Waals surface area contributed by atoms with Crippen LogP contribution in [0.1, 0.15) is 60.1 Å². The van der Waals surface area contributed by atoms with Crippen molar-refractivity contribution in [3.8, 4) is 0 Å². The molecule has 0 radical (unpaired) electrons. The molecule has 3 heterocycles. The van der Waals surface area contributed by atoms with Crippen LogP contribution in [0, 0.1) is 0 Å². The zero-order valence-corrected chi connectivity index (χ0v) is 21.5. The van der Waals surface area contributed by atoms with Gasteiger partial charge in [-0.25, -0.2) is 0 Å². The smallest absolute Gasteiger partial charge is 0.369 e. The second-order valence-electron chi connectivity index (χ2n) is 10.7. The number of nitrogens with zero attached hydrogens (tertiary/aromatic N) is 3. The number of pyridine rings is 1. The van der Waals surface area contributed by atoms with E-state index in [1.54, 1.807) is 11.1 Å². The monoisotopic (exact) mass is 543 g/mol. The molecule has 1 saturated carbocycles. The molecule has 5 rings (SSSR count). The molecule has 208 valence electrons. The minimum absolute atomic E-state index is 0.0292. The van der Waals surface area contributed by atoms with Gasteiger partial charge in [0.05, 0.1) is 23.2 Å². The van der Waals surface area contributed by atoms with E-state index in [4.69, 9.17) is 5.73 Å². The zero-order valence-electron chi connectivity index (χ0n) is 21.5. The average Bonchev–Trinajstić information content (AvgIpc) is 3.54. The van der Waals surface area contributed by atoms with Gasteiger partial charge >= 0.3 is 6.18 Å². The highest BCUT2D eigenvalue weighted by atomic mass is 19.4. The topological polar surface area (TPSA) is 109 Å². The number of hydrogen-bond donors (Lipinski definition) is 2. The first kappa shape index (κ1) is 27.1. The number of hydrogen-bond acceptors (Lipinski definition) is 5. The summed E-state index contributed by atoms with van der Waals surface area (Å²) < 4.78 is 38.9. The Morgan fingerprint density at radius 2 is 1.74 bits per heavy atom. The van der Waals surface area contributed by atoms with Crippen LogP contribution < -0.4 is 11.1 Å². The summed E-state index contributed by atoms with van der Waals surface area (Å²) in [5.41, 5.74) is 4.78. The molecular formula is C28H32F3N5O3. The largest absolute Gasteiger partial charge is 0.416 e. The van der Waals surface area contributed by atoms with Crippen molar-refractivity contribution in [2.24, 2.45) is 5.73 Å². The number of nitrogens with one attached hydrogen (secondary N) is 1. The molecule has 0 spiro atoms. The molecule has 8 nitrogen and oxygen atoms in total. The number of amides is 3. The fourth-order valence-corrected chi connectivity index (χ4v) is 6.68. The van der Waals surface area contributed by atoms with Crippen molar-refractivity contribution in [1.82, 2.24) is 20.1 Å². The maximum Gasteiger partial charge on any atom is 0.416 e. The number of carbonyl (C=O) groups is 3. The third kappa shape index (κ3) is 5.24. The standard InChI is InChI=1S/C28H32F3N5O3/c29-28(30,31)19-5-3-4-18(16-19)25(38)34-17-24(37)36-15-10-21-22(36)9-14-35(21)20-7-11-27(12-8-20,26(32)39)23-6-1-2-13-33-23/h1-6,13,16,20-22H,7-12,14-15,17H2,(H2,32,39)(H,34,38)/t20?,21-,22-,27?/m0/s1. The van der Waals surface area contributed by atoms with Gasteiger partial charge in [-0.05, 0) is 68.9 Å². The number of carbonyl (C=O) groups excluding carboxylic acids is 3. The first-order valence-electron chi connectivity index (χ1n) is 13.3. The van der Waals surface area contributed by atoms with Crippen LogP contribution in [0.5, 0.6) is 0 Å². The third-order valence-electron chi connectivity index (χ3n) is 8.70. The van der Waals surface area contributed by atoms with Gasteiger partial charge in [0.25, 0.3) is 5.91 Å². The van der Waals surface area contributed by atoms with Crippen LogP contribution in [0.4, 0.5) is 13.2 Å². The van der Waals surface area contributed by atoms with E-state index in [1.807, 2.05) is 18.2 Å². The van der Waals surface area contributed by atoms with E-state index in [-0.39, 0.29) is 42.0 Å². The number of alkyl halides is 3. The van der Waals surface area contributed by atoms with E-state index < -0.39 is 23.1 Å². The Morgan fingerprint density at radius 3 is 2.41 bits per heavy atom. The molecule has 3 amide bonds. The van der Waals surface area contributed by atoms with Gasteiger partial charge in [0.2, 0.25) is 11.8 Å². The van der Waals surface area contributed by atoms with Gasteiger partial charge in [-0.2, -0.15) is 13.2 Å². The Hall–Kier alpha value is -3.47. The highest BCUT2D eigenvalue weighted by Gasteiger charge is 2.49. The molecule has 1 aromatic carbocycles. The van der Waals surface area contributed by atoms with Gasteiger partial charge in [0.1, 0.15) is 0 Å². The Kier molecular flexibility index (Phi) is 7.37. The summed E-state index contributed by atoms with van der Waals surface area (Å²) in [7, 11) is 0. The summed E-state index contributed by atoms with van der Waals surface area (Å²) in [5.74, 6) is -1.30. The van der Waals surface area contributed by atoms with Crippen molar-refractivity contribution in [3.05, 3.63) is 65.5 Å². The molecule has 1 aliphatic carbocycles. The third-order valence-corrected chi connectivity index (χ3v) is 8.70. The number of likely N-dealkylation sites (tertiary alicyclic amines) is 2. The molecule has 2 aliphatic heterocycles. The number of halogens is 3. The molecule has 2 atom stereocenters. The van der Waals surface area contributed by atoms with Gasteiger partial charge in [0.15, 0.2) is 0 Å². The lowest BCUT2D eigenvalue weighted by Gasteiger charge is -2.42. The molecule has 3 fully saturated rings. The van der Waals surface area contributed by atoms with Crippen LogP contribution in [0.3, 0.4) is 0 Å². The summed E-state index contributed by atoms with van der Waals surface area (Å²) in [6.45, 7) is 1.14. The fourth-order valence-electron chi connectivity index (χ4n) is 6.68. The van der Waals surface area contributed by atoms with Crippen LogP contribution in [0.25, 0.3) is 0 Å². The van der Waals surface area contributed by atoms with E-state index in [9.17, 15) is 27.6 Å².